The molecule has 3 amide bonds. The van der Waals surface area contributed by atoms with Crippen LogP contribution in [0.4, 0.5) is 10.1 Å². The fraction of sp³-hybridized carbons (Fsp3) is 0.385. The van der Waals surface area contributed by atoms with E-state index in [-0.39, 0.29) is 36.8 Å². The summed E-state index contributed by atoms with van der Waals surface area (Å²) in [4.78, 5) is 42.8. The predicted molar refractivity (Wildman–Crippen MR) is 128 cm³/mol. The van der Waals surface area contributed by atoms with Crippen molar-refractivity contribution in [2.75, 3.05) is 38.2 Å². The van der Waals surface area contributed by atoms with Gasteiger partial charge < -0.3 is 14.5 Å². The van der Waals surface area contributed by atoms with Gasteiger partial charge >= 0.3 is 0 Å². The third kappa shape index (κ3) is 4.38. The van der Waals surface area contributed by atoms with Crippen LogP contribution < -0.4 is 15.0 Å². The SMILES string of the molecule is COc1cc(C#N)ccc1CN1CCN(c2cc(F)cc3c2CN(C2CCC(=O)NC2=O)C3=O)CC1. The summed E-state index contributed by atoms with van der Waals surface area (Å²) >= 11 is 0. The van der Waals surface area contributed by atoms with Crippen molar-refractivity contribution in [1.29, 1.82) is 5.26 Å². The number of nitriles is 1. The van der Waals surface area contributed by atoms with Gasteiger partial charge in [0.05, 0.1) is 18.7 Å². The number of fused-ring (bicyclic) bond motifs is 1. The number of hydrogen-bond donors (Lipinski definition) is 1. The minimum atomic E-state index is -0.738. The van der Waals surface area contributed by atoms with Gasteiger partial charge in [-0.3, -0.25) is 24.6 Å². The fourth-order valence-corrected chi connectivity index (χ4v) is 5.22. The van der Waals surface area contributed by atoms with Crippen LogP contribution in [0.5, 0.6) is 5.75 Å². The molecule has 0 bridgehead atoms. The Kier molecular flexibility index (Phi) is 6.33. The Morgan fingerprint density at radius 3 is 2.61 bits per heavy atom. The van der Waals surface area contributed by atoms with Gasteiger partial charge in [-0.05, 0) is 30.7 Å². The van der Waals surface area contributed by atoms with E-state index in [9.17, 15) is 18.8 Å². The topological polar surface area (TPSA) is 106 Å². The van der Waals surface area contributed by atoms with Gasteiger partial charge in [0.1, 0.15) is 17.6 Å². The largest absolute Gasteiger partial charge is 0.496 e. The average Bonchev–Trinajstić information content (AvgIpc) is 3.20. The van der Waals surface area contributed by atoms with Gasteiger partial charge in [-0.1, -0.05) is 6.07 Å². The van der Waals surface area contributed by atoms with Crippen molar-refractivity contribution in [3.05, 3.63) is 58.4 Å². The zero-order valence-corrected chi connectivity index (χ0v) is 19.9. The normalized spacial score (nSPS) is 20.2. The van der Waals surface area contributed by atoms with E-state index in [0.29, 0.717) is 42.2 Å². The molecule has 0 aliphatic carbocycles. The smallest absolute Gasteiger partial charge is 0.255 e. The highest BCUT2D eigenvalue weighted by atomic mass is 19.1. The molecule has 2 aromatic carbocycles. The van der Waals surface area contributed by atoms with Crippen molar-refractivity contribution in [1.82, 2.24) is 15.1 Å². The van der Waals surface area contributed by atoms with Crippen LogP contribution in [0.2, 0.25) is 0 Å². The number of nitrogens with one attached hydrogen (secondary N) is 1. The van der Waals surface area contributed by atoms with Crippen molar-refractivity contribution < 1.29 is 23.5 Å². The molecule has 3 aliphatic rings. The number of piperidine rings is 1. The van der Waals surface area contributed by atoms with Gasteiger partial charge in [0.15, 0.2) is 0 Å². The Labute approximate surface area is 208 Å². The number of halogens is 1. The maximum atomic E-state index is 14.6. The molecule has 1 atom stereocenters. The molecule has 0 saturated carbocycles. The summed E-state index contributed by atoms with van der Waals surface area (Å²) in [6.45, 7) is 3.59. The van der Waals surface area contributed by atoms with Crippen LogP contribution in [0.1, 0.15) is 39.9 Å². The van der Waals surface area contributed by atoms with E-state index in [1.165, 1.54) is 17.0 Å². The van der Waals surface area contributed by atoms with E-state index >= 15 is 0 Å². The quantitative estimate of drug-likeness (QED) is 0.636. The highest BCUT2D eigenvalue weighted by Crippen LogP contribution is 2.35. The monoisotopic (exact) mass is 491 g/mol. The van der Waals surface area contributed by atoms with E-state index in [1.54, 1.807) is 19.2 Å². The summed E-state index contributed by atoms with van der Waals surface area (Å²) in [5.41, 5.74) is 3.19. The lowest BCUT2D eigenvalue weighted by atomic mass is 10.0. The summed E-state index contributed by atoms with van der Waals surface area (Å²) in [6, 6.07) is 9.48. The molecule has 1 N–H and O–H groups in total. The third-order valence-corrected chi connectivity index (χ3v) is 7.12. The van der Waals surface area contributed by atoms with Crippen LogP contribution in [0.15, 0.2) is 30.3 Å². The number of piperazine rings is 1. The van der Waals surface area contributed by atoms with Crippen molar-refractivity contribution in [3.63, 3.8) is 0 Å². The average molecular weight is 492 g/mol. The lowest BCUT2D eigenvalue weighted by Crippen LogP contribution is -2.52. The molecule has 186 valence electrons. The summed E-state index contributed by atoms with van der Waals surface area (Å²) in [5, 5.41) is 11.4. The molecule has 2 fully saturated rings. The predicted octanol–water partition coefficient (Wildman–Crippen LogP) is 1.79. The summed E-state index contributed by atoms with van der Waals surface area (Å²) < 4.78 is 20.0. The minimum Gasteiger partial charge on any atom is -0.496 e. The van der Waals surface area contributed by atoms with E-state index < -0.39 is 17.8 Å². The molecule has 2 saturated heterocycles. The Morgan fingerprint density at radius 2 is 1.92 bits per heavy atom. The Morgan fingerprint density at radius 1 is 1.14 bits per heavy atom. The molecular formula is C26H26FN5O4. The standard InChI is InChI=1S/C26H26FN5O4/c1-36-23-10-16(13-28)2-3-17(23)14-30-6-8-31(9-7-30)22-12-18(27)11-19-20(22)15-32(26(19)35)21-4-5-24(33)29-25(21)34/h2-3,10-12,21H,4-9,14-15H2,1H3,(H,29,33,34). The van der Waals surface area contributed by atoms with Gasteiger partial charge in [0.25, 0.3) is 5.91 Å². The van der Waals surface area contributed by atoms with Crippen LogP contribution in [-0.4, -0.2) is 66.9 Å². The van der Waals surface area contributed by atoms with E-state index in [2.05, 4.69) is 21.2 Å². The number of nitrogens with zero attached hydrogens (tertiary/aromatic N) is 4. The van der Waals surface area contributed by atoms with E-state index in [0.717, 1.165) is 18.7 Å². The number of hydrogen-bond acceptors (Lipinski definition) is 7. The van der Waals surface area contributed by atoms with Gasteiger partial charge in [-0.2, -0.15) is 5.26 Å². The third-order valence-electron chi connectivity index (χ3n) is 7.12. The zero-order valence-electron chi connectivity index (χ0n) is 19.9. The molecule has 0 radical (unpaired) electrons. The fourth-order valence-electron chi connectivity index (χ4n) is 5.22. The zero-order chi connectivity index (χ0) is 25.4. The first-order chi connectivity index (χ1) is 17.4. The molecule has 2 aromatic rings. The number of anilines is 1. The highest BCUT2D eigenvalue weighted by Gasteiger charge is 2.41. The van der Waals surface area contributed by atoms with Crippen molar-refractivity contribution in [3.8, 4) is 11.8 Å². The number of carbonyl (C=O) groups excluding carboxylic acids is 3. The molecule has 5 rings (SSSR count). The number of carbonyl (C=O) groups is 3. The van der Waals surface area contributed by atoms with Gasteiger partial charge in [-0.25, -0.2) is 4.39 Å². The van der Waals surface area contributed by atoms with Crippen molar-refractivity contribution in [2.45, 2.75) is 32.0 Å². The number of benzene rings is 2. The first kappa shape index (κ1) is 23.8. The van der Waals surface area contributed by atoms with Gasteiger partial charge in [0, 0.05) is 68.1 Å². The van der Waals surface area contributed by atoms with Crippen LogP contribution in [0, 0.1) is 17.1 Å². The molecule has 1 unspecified atom stereocenters. The lowest BCUT2D eigenvalue weighted by molar-refractivity contribution is -0.136. The Bertz CT molecular complexity index is 1280. The number of ether oxygens (including phenoxy) is 1. The molecule has 0 spiro atoms. The molecule has 9 nitrogen and oxygen atoms in total. The second-order valence-electron chi connectivity index (χ2n) is 9.25. The minimum absolute atomic E-state index is 0.170. The number of amides is 3. The number of rotatable bonds is 5. The summed E-state index contributed by atoms with van der Waals surface area (Å²) in [5.74, 6) is -1.03. The summed E-state index contributed by atoms with van der Waals surface area (Å²) in [7, 11) is 1.59. The van der Waals surface area contributed by atoms with Crippen LogP contribution >= 0.6 is 0 Å². The van der Waals surface area contributed by atoms with Crippen LogP contribution in [0.25, 0.3) is 0 Å². The van der Waals surface area contributed by atoms with E-state index in [1.807, 2.05) is 6.07 Å². The highest BCUT2D eigenvalue weighted by molar-refractivity contribution is 6.06. The first-order valence-corrected chi connectivity index (χ1v) is 11.9. The summed E-state index contributed by atoms with van der Waals surface area (Å²) in [6.07, 6.45) is 0.434. The second-order valence-corrected chi connectivity index (χ2v) is 9.25. The van der Waals surface area contributed by atoms with Crippen LogP contribution in [-0.2, 0) is 22.7 Å². The molecular weight excluding hydrogens is 465 g/mol. The molecule has 3 aliphatic heterocycles. The Balaban J connectivity index is 1.30. The maximum absolute atomic E-state index is 14.6. The maximum Gasteiger partial charge on any atom is 0.255 e. The van der Waals surface area contributed by atoms with Crippen molar-refractivity contribution >= 4 is 23.4 Å². The number of imide groups is 1. The van der Waals surface area contributed by atoms with Crippen LogP contribution in [0.3, 0.4) is 0 Å². The van der Waals surface area contributed by atoms with Crippen molar-refractivity contribution in [2.24, 2.45) is 0 Å². The molecule has 3 heterocycles. The number of methoxy groups -OCH3 is 1. The molecule has 10 heteroatoms. The molecule has 0 aromatic heterocycles. The van der Waals surface area contributed by atoms with Gasteiger partial charge in [0.2, 0.25) is 11.8 Å². The molecule has 36 heavy (non-hydrogen) atoms. The second kappa shape index (κ2) is 9.59. The Hall–Kier alpha value is -3.97. The van der Waals surface area contributed by atoms with Gasteiger partial charge in [-0.15, -0.1) is 0 Å². The first-order valence-electron chi connectivity index (χ1n) is 11.9. The van der Waals surface area contributed by atoms with E-state index in [4.69, 9.17) is 10.00 Å². The lowest BCUT2D eigenvalue weighted by Gasteiger charge is -2.37.